The SMILES string of the molecule is CN(C)CCN(/C=C(/C#N)C(=O)NC1CCCCC1)C1CCS(=O)(=O)C1. The first-order chi connectivity index (χ1) is 12.3. The second kappa shape index (κ2) is 9.38. The van der Waals surface area contributed by atoms with Crippen molar-refractivity contribution in [1.82, 2.24) is 15.1 Å². The van der Waals surface area contributed by atoms with Gasteiger partial charge in [-0.05, 0) is 33.4 Å². The summed E-state index contributed by atoms with van der Waals surface area (Å²) >= 11 is 0. The van der Waals surface area contributed by atoms with Gasteiger partial charge in [-0.25, -0.2) is 8.42 Å². The first-order valence-electron chi connectivity index (χ1n) is 9.34. The number of hydrogen-bond donors (Lipinski definition) is 1. The quantitative estimate of drug-likeness (QED) is 0.519. The van der Waals surface area contributed by atoms with Crippen molar-refractivity contribution in [1.29, 1.82) is 5.26 Å². The van der Waals surface area contributed by atoms with Gasteiger partial charge in [0.25, 0.3) is 5.91 Å². The van der Waals surface area contributed by atoms with Gasteiger partial charge < -0.3 is 15.1 Å². The molecule has 0 aromatic heterocycles. The molecule has 1 amide bonds. The molecule has 1 saturated heterocycles. The van der Waals surface area contributed by atoms with Gasteiger partial charge >= 0.3 is 0 Å². The van der Waals surface area contributed by atoms with Crippen molar-refractivity contribution in [2.45, 2.75) is 50.6 Å². The van der Waals surface area contributed by atoms with E-state index in [2.05, 4.69) is 5.32 Å². The summed E-state index contributed by atoms with van der Waals surface area (Å²) in [6, 6.07) is 1.96. The summed E-state index contributed by atoms with van der Waals surface area (Å²) in [7, 11) is 0.845. The zero-order valence-corrected chi connectivity index (χ0v) is 16.6. The number of sulfone groups is 1. The zero-order chi connectivity index (χ0) is 19.2. The first-order valence-corrected chi connectivity index (χ1v) is 11.2. The standard InChI is InChI=1S/C18H30N4O3S/c1-21(2)9-10-22(17-8-11-26(24,25)14-17)13-15(12-19)18(23)20-16-6-4-3-5-7-16/h13,16-17H,3-11,14H2,1-2H3,(H,20,23)/b15-13-. The molecule has 1 saturated carbocycles. The molecule has 2 aliphatic rings. The predicted octanol–water partition coefficient (Wildman–Crippen LogP) is 0.893. The molecule has 1 N–H and O–H groups in total. The summed E-state index contributed by atoms with van der Waals surface area (Å²) in [6.45, 7) is 1.30. The van der Waals surface area contributed by atoms with E-state index in [4.69, 9.17) is 0 Å². The van der Waals surface area contributed by atoms with Crippen LogP contribution in [0.2, 0.25) is 0 Å². The number of rotatable bonds is 7. The lowest BCUT2D eigenvalue weighted by atomic mass is 9.95. The molecule has 26 heavy (non-hydrogen) atoms. The van der Waals surface area contributed by atoms with Gasteiger partial charge in [0.1, 0.15) is 11.6 Å². The summed E-state index contributed by atoms with van der Waals surface area (Å²) in [6.07, 6.45) is 7.41. The Labute approximate surface area is 156 Å². The third kappa shape index (κ3) is 6.29. The Bertz CT molecular complexity index is 660. The highest BCUT2D eigenvalue weighted by molar-refractivity contribution is 7.91. The Hall–Kier alpha value is -1.59. The van der Waals surface area contributed by atoms with E-state index in [0.29, 0.717) is 13.0 Å². The number of nitrogens with zero attached hydrogens (tertiary/aromatic N) is 3. The fourth-order valence-electron chi connectivity index (χ4n) is 3.52. The van der Waals surface area contributed by atoms with Crippen molar-refractivity contribution >= 4 is 15.7 Å². The van der Waals surface area contributed by atoms with Gasteiger partial charge in [0.15, 0.2) is 9.84 Å². The molecule has 8 heteroatoms. The van der Waals surface area contributed by atoms with E-state index < -0.39 is 9.84 Å². The highest BCUT2D eigenvalue weighted by Crippen LogP contribution is 2.20. The van der Waals surface area contributed by atoms with Crippen LogP contribution in [0.25, 0.3) is 0 Å². The maximum absolute atomic E-state index is 12.5. The fourth-order valence-corrected chi connectivity index (χ4v) is 5.26. The number of carbonyl (C=O) groups is 1. The normalized spacial score (nSPS) is 23.6. The largest absolute Gasteiger partial charge is 0.371 e. The summed E-state index contributed by atoms with van der Waals surface area (Å²) in [4.78, 5) is 16.4. The molecule has 1 unspecified atom stereocenters. The van der Waals surface area contributed by atoms with Crippen molar-refractivity contribution in [2.75, 3.05) is 38.7 Å². The molecule has 1 atom stereocenters. The monoisotopic (exact) mass is 382 g/mol. The van der Waals surface area contributed by atoms with Crippen molar-refractivity contribution in [3.63, 3.8) is 0 Å². The Balaban J connectivity index is 2.10. The minimum absolute atomic E-state index is 0.0543. The summed E-state index contributed by atoms with van der Waals surface area (Å²) in [5.41, 5.74) is 0.0543. The highest BCUT2D eigenvalue weighted by atomic mass is 32.2. The van der Waals surface area contributed by atoms with Crippen LogP contribution < -0.4 is 5.32 Å². The second-order valence-electron chi connectivity index (χ2n) is 7.56. The van der Waals surface area contributed by atoms with Crippen LogP contribution in [-0.4, -0.2) is 74.9 Å². The highest BCUT2D eigenvalue weighted by Gasteiger charge is 2.31. The number of hydrogen-bond acceptors (Lipinski definition) is 6. The van der Waals surface area contributed by atoms with E-state index in [0.717, 1.165) is 32.2 Å². The number of nitrogens with one attached hydrogen (secondary N) is 1. The maximum atomic E-state index is 12.5. The number of nitriles is 1. The molecule has 0 bridgehead atoms. The Morgan fingerprint density at radius 1 is 1.19 bits per heavy atom. The van der Waals surface area contributed by atoms with Crippen LogP contribution in [0.3, 0.4) is 0 Å². The number of amides is 1. The van der Waals surface area contributed by atoms with E-state index in [1.54, 1.807) is 6.20 Å². The summed E-state index contributed by atoms with van der Waals surface area (Å²) in [5.74, 6) is -0.102. The average molecular weight is 383 g/mol. The molecule has 1 heterocycles. The van der Waals surface area contributed by atoms with E-state index in [-0.39, 0.29) is 35.1 Å². The van der Waals surface area contributed by atoms with Gasteiger partial charge in [-0.15, -0.1) is 0 Å². The lowest BCUT2D eigenvalue weighted by molar-refractivity contribution is -0.118. The third-order valence-electron chi connectivity index (χ3n) is 5.08. The van der Waals surface area contributed by atoms with Crippen molar-refractivity contribution in [3.8, 4) is 6.07 Å². The molecular formula is C18H30N4O3S. The lowest BCUT2D eigenvalue weighted by Gasteiger charge is -2.28. The molecule has 7 nitrogen and oxygen atoms in total. The number of carbonyl (C=O) groups excluding carboxylic acids is 1. The third-order valence-corrected chi connectivity index (χ3v) is 6.83. The van der Waals surface area contributed by atoms with Crippen LogP contribution in [0.4, 0.5) is 0 Å². The van der Waals surface area contributed by atoms with E-state index >= 15 is 0 Å². The van der Waals surface area contributed by atoms with Gasteiger partial charge in [-0.2, -0.15) is 5.26 Å². The summed E-state index contributed by atoms with van der Waals surface area (Å²) < 4.78 is 23.7. The summed E-state index contributed by atoms with van der Waals surface area (Å²) in [5, 5.41) is 12.4. The Morgan fingerprint density at radius 3 is 2.42 bits per heavy atom. The van der Waals surface area contributed by atoms with Crippen LogP contribution in [-0.2, 0) is 14.6 Å². The minimum atomic E-state index is -3.03. The van der Waals surface area contributed by atoms with Crippen molar-refractivity contribution in [2.24, 2.45) is 0 Å². The molecule has 1 aliphatic carbocycles. The Morgan fingerprint density at radius 2 is 1.88 bits per heavy atom. The smallest absolute Gasteiger partial charge is 0.263 e. The van der Waals surface area contributed by atoms with Crippen molar-refractivity contribution < 1.29 is 13.2 Å². The molecule has 146 valence electrons. The van der Waals surface area contributed by atoms with Gasteiger partial charge in [-0.1, -0.05) is 19.3 Å². The van der Waals surface area contributed by atoms with Crippen LogP contribution >= 0.6 is 0 Å². The molecule has 0 radical (unpaired) electrons. The van der Waals surface area contributed by atoms with Gasteiger partial charge in [0, 0.05) is 31.4 Å². The molecule has 0 aromatic rings. The molecule has 0 spiro atoms. The zero-order valence-electron chi connectivity index (χ0n) is 15.8. The fraction of sp³-hybridized carbons (Fsp3) is 0.778. The van der Waals surface area contributed by atoms with E-state index in [9.17, 15) is 18.5 Å². The van der Waals surface area contributed by atoms with Gasteiger partial charge in [-0.3, -0.25) is 4.79 Å². The number of likely N-dealkylation sites (N-methyl/N-ethyl adjacent to an activating group) is 1. The van der Waals surface area contributed by atoms with E-state index in [1.165, 1.54) is 6.42 Å². The predicted molar refractivity (Wildman–Crippen MR) is 101 cm³/mol. The maximum Gasteiger partial charge on any atom is 0.263 e. The van der Waals surface area contributed by atoms with Crippen LogP contribution in [0, 0.1) is 11.3 Å². The van der Waals surface area contributed by atoms with Crippen LogP contribution in [0.5, 0.6) is 0 Å². The van der Waals surface area contributed by atoms with E-state index in [1.807, 2.05) is 30.0 Å². The molecule has 1 aliphatic heterocycles. The first kappa shape index (κ1) is 20.7. The van der Waals surface area contributed by atoms with Crippen LogP contribution in [0.15, 0.2) is 11.8 Å². The Kier molecular flexibility index (Phi) is 7.47. The molecule has 2 fully saturated rings. The van der Waals surface area contributed by atoms with Crippen LogP contribution in [0.1, 0.15) is 38.5 Å². The molecular weight excluding hydrogens is 352 g/mol. The lowest BCUT2D eigenvalue weighted by Crippen LogP contribution is -2.40. The average Bonchev–Trinajstić information content (AvgIpc) is 2.95. The second-order valence-corrected chi connectivity index (χ2v) is 9.79. The molecule has 2 rings (SSSR count). The molecule has 0 aromatic carbocycles. The van der Waals surface area contributed by atoms with Crippen molar-refractivity contribution in [3.05, 3.63) is 11.8 Å². The minimum Gasteiger partial charge on any atom is -0.371 e. The van der Waals surface area contributed by atoms with Gasteiger partial charge in [0.05, 0.1) is 11.5 Å². The topological polar surface area (TPSA) is 93.5 Å². The van der Waals surface area contributed by atoms with Gasteiger partial charge in [0.2, 0.25) is 0 Å².